The van der Waals surface area contributed by atoms with Crippen LogP contribution in [-0.2, 0) is 9.47 Å². The average molecular weight is 180 g/mol. The van der Waals surface area contributed by atoms with Crippen LogP contribution < -0.4 is 5.32 Å². The Morgan fingerprint density at radius 1 is 1.55 bits per heavy atom. The summed E-state index contributed by atoms with van der Waals surface area (Å²) in [6.07, 6.45) is 1.40. The predicted octanol–water partition coefficient (Wildman–Crippen LogP) is 0.186. The maximum absolute atomic E-state index is 5.59. The molecule has 3 nitrogen and oxygen atoms in total. The molecule has 1 spiro atoms. The first kappa shape index (κ1) is 9.26. The molecule has 2 aliphatic rings. The summed E-state index contributed by atoms with van der Waals surface area (Å²) in [5.41, 5.74) is 0.153. The number of rotatable bonds is 1. The van der Waals surface area contributed by atoms with Gasteiger partial charge in [-0.1, -0.05) is 0 Å². The maximum atomic E-state index is 5.59. The van der Waals surface area contributed by atoms with Crippen molar-refractivity contribution in [2.45, 2.75) is 18.1 Å². The van der Waals surface area contributed by atoms with Crippen molar-refractivity contribution in [3.63, 3.8) is 0 Å². The molecular weight excluding hydrogens is 166 g/mol. The van der Waals surface area contributed by atoms with Gasteiger partial charge in [-0.3, -0.25) is 0 Å². The van der Waals surface area contributed by atoms with E-state index in [1.54, 1.807) is 7.11 Å². The molecule has 11 heavy (non-hydrogen) atoms. The lowest BCUT2D eigenvalue weighted by molar-refractivity contribution is -0.0376. The minimum absolute atomic E-state index is 0. The van der Waals surface area contributed by atoms with E-state index >= 15 is 0 Å². The lowest BCUT2D eigenvalue weighted by atomic mass is 9.93. The van der Waals surface area contributed by atoms with Crippen LogP contribution in [0.5, 0.6) is 0 Å². The third-order valence-electron chi connectivity index (χ3n) is 2.40. The van der Waals surface area contributed by atoms with Crippen LogP contribution in [0.1, 0.15) is 6.42 Å². The molecule has 0 saturated carbocycles. The summed E-state index contributed by atoms with van der Waals surface area (Å²) < 4.78 is 10.8. The third kappa shape index (κ3) is 1.51. The van der Waals surface area contributed by atoms with Crippen LogP contribution in [0.2, 0.25) is 0 Å². The van der Waals surface area contributed by atoms with Gasteiger partial charge < -0.3 is 14.8 Å². The molecule has 2 saturated heterocycles. The summed E-state index contributed by atoms with van der Waals surface area (Å²) in [5.74, 6) is 0. The number of hydrogen-bond donors (Lipinski definition) is 1. The van der Waals surface area contributed by atoms with Gasteiger partial charge in [-0.2, -0.15) is 0 Å². The van der Waals surface area contributed by atoms with Crippen LogP contribution in [0.4, 0.5) is 0 Å². The van der Waals surface area contributed by atoms with Gasteiger partial charge in [0.05, 0.1) is 18.3 Å². The van der Waals surface area contributed by atoms with Crippen molar-refractivity contribution in [3.05, 3.63) is 0 Å². The second-order valence-electron chi connectivity index (χ2n) is 3.16. The molecule has 0 bridgehead atoms. The Kier molecular flexibility index (Phi) is 2.75. The topological polar surface area (TPSA) is 30.5 Å². The summed E-state index contributed by atoms with van der Waals surface area (Å²) in [7, 11) is 1.75. The van der Waals surface area contributed by atoms with E-state index in [0.717, 1.165) is 26.1 Å². The largest absolute Gasteiger partial charge is 0.379 e. The Balaban J connectivity index is 0.000000605. The molecule has 2 rings (SSSR count). The summed E-state index contributed by atoms with van der Waals surface area (Å²) >= 11 is 0. The van der Waals surface area contributed by atoms with Gasteiger partial charge in [0.15, 0.2) is 0 Å². The minimum Gasteiger partial charge on any atom is -0.379 e. The number of ether oxygens (including phenoxy) is 2. The van der Waals surface area contributed by atoms with Crippen molar-refractivity contribution in [2.75, 3.05) is 26.8 Å². The molecular formula is C7H14ClNO2. The number of methoxy groups -OCH3 is 1. The van der Waals surface area contributed by atoms with E-state index < -0.39 is 0 Å². The van der Waals surface area contributed by atoms with Crippen LogP contribution in [0.15, 0.2) is 0 Å². The Labute approximate surface area is 72.8 Å². The third-order valence-corrected chi connectivity index (χ3v) is 2.40. The zero-order valence-corrected chi connectivity index (χ0v) is 7.45. The van der Waals surface area contributed by atoms with Gasteiger partial charge in [0.25, 0.3) is 0 Å². The van der Waals surface area contributed by atoms with E-state index in [0.29, 0.717) is 6.10 Å². The molecule has 0 aromatic carbocycles. The predicted molar refractivity (Wildman–Crippen MR) is 44.2 cm³/mol. The molecule has 0 amide bonds. The van der Waals surface area contributed by atoms with Crippen LogP contribution in [0.3, 0.4) is 0 Å². The van der Waals surface area contributed by atoms with Crippen molar-refractivity contribution >= 4 is 12.4 Å². The first-order chi connectivity index (χ1) is 4.85. The first-order valence-corrected chi connectivity index (χ1v) is 3.72. The fraction of sp³-hybridized carbons (Fsp3) is 1.00. The van der Waals surface area contributed by atoms with Gasteiger partial charge >= 0.3 is 0 Å². The van der Waals surface area contributed by atoms with Gasteiger partial charge in [0, 0.05) is 26.6 Å². The summed E-state index contributed by atoms with van der Waals surface area (Å²) in [5, 5.41) is 3.21. The number of nitrogens with one attached hydrogen (secondary N) is 1. The second-order valence-corrected chi connectivity index (χ2v) is 3.16. The zero-order chi connectivity index (χ0) is 7.03. The van der Waals surface area contributed by atoms with Gasteiger partial charge in [-0.05, 0) is 0 Å². The highest BCUT2D eigenvalue weighted by Crippen LogP contribution is 2.30. The molecule has 2 fully saturated rings. The monoisotopic (exact) mass is 179 g/mol. The Hall–Kier alpha value is 0.170. The van der Waals surface area contributed by atoms with Crippen molar-refractivity contribution in [2.24, 2.45) is 0 Å². The molecule has 1 N–H and O–H groups in total. The quantitative estimate of drug-likeness (QED) is 0.623. The Morgan fingerprint density at radius 2 is 2.27 bits per heavy atom. The highest BCUT2D eigenvalue weighted by atomic mass is 35.5. The molecule has 0 aromatic heterocycles. The highest BCUT2D eigenvalue weighted by Gasteiger charge is 2.45. The van der Waals surface area contributed by atoms with Gasteiger partial charge in [0.2, 0.25) is 0 Å². The SMILES string of the molecule is COC1COC2(CNC2)C1.Cl. The van der Waals surface area contributed by atoms with Crippen molar-refractivity contribution in [1.29, 1.82) is 0 Å². The average Bonchev–Trinajstić information content (AvgIpc) is 2.29. The van der Waals surface area contributed by atoms with Crippen LogP contribution >= 0.6 is 12.4 Å². The Bertz CT molecular complexity index is 138. The van der Waals surface area contributed by atoms with E-state index in [-0.39, 0.29) is 18.0 Å². The standard InChI is InChI=1S/C7H13NO2.ClH/c1-9-6-2-7(10-3-6)4-8-5-7;/h6,8H,2-5H2,1H3;1H. The number of halogens is 1. The molecule has 0 aromatic rings. The lowest BCUT2D eigenvalue weighted by Gasteiger charge is -2.37. The molecule has 2 aliphatic heterocycles. The molecule has 1 unspecified atom stereocenters. The molecule has 0 aliphatic carbocycles. The Morgan fingerprint density at radius 3 is 2.55 bits per heavy atom. The van der Waals surface area contributed by atoms with Crippen molar-refractivity contribution in [1.82, 2.24) is 5.32 Å². The summed E-state index contributed by atoms with van der Waals surface area (Å²) in [6.45, 7) is 2.79. The van der Waals surface area contributed by atoms with E-state index in [9.17, 15) is 0 Å². The van der Waals surface area contributed by atoms with E-state index in [4.69, 9.17) is 9.47 Å². The van der Waals surface area contributed by atoms with Gasteiger partial charge in [0.1, 0.15) is 0 Å². The first-order valence-electron chi connectivity index (χ1n) is 3.72. The summed E-state index contributed by atoms with van der Waals surface area (Å²) in [4.78, 5) is 0. The maximum Gasteiger partial charge on any atom is 0.0956 e. The van der Waals surface area contributed by atoms with Crippen molar-refractivity contribution in [3.8, 4) is 0 Å². The fourth-order valence-corrected chi connectivity index (χ4v) is 1.60. The molecule has 1 atom stereocenters. The van der Waals surface area contributed by atoms with E-state index in [2.05, 4.69) is 5.32 Å². The number of hydrogen-bond acceptors (Lipinski definition) is 3. The van der Waals surface area contributed by atoms with E-state index in [1.807, 2.05) is 0 Å². The normalized spacial score (nSPS) is 33.0. The fourth-order valence-electron chi connectivity index (χ4n) is 1.60. The van der Waals surface area contributed by atoms with Crippen LogP contribution in [0, 0.1) is 0 Å². The highest BCUT2D eigenvalue weighted by molar-refractivity contribution is 5.85. The van der Waals surface area contributed by atoms with E-state index in [1.165, 1.54) is 0 Å². The van der Waals surface area contributed by atoms with Crippen molar-refractivity contribution < 1.29 is 9.47 Å². The molecule has 66 valence electrons. The second kappa shape index (κ2) is 3.27. The van der Waals surface area contributed by atoms with Gasteiger partial charge in [-0.15, -0.1) is 12.4 Å². The lowest BCUT2D eigenvalue weighted by Crippen LogP contribution is -2.59. The smallest absolute Gasteiger partial charge is 0.0956 e. The minimum atomic E-state index is 0. The molecule has 0 radical (unpaired) electrons. The molecule has 2 heterocycles. The molecule has 4 heteroatoms. The van der Waals surface area contributed by atoms with Crippen LogP contribution in [0.25, 0.3) is 0 Å². The summed E-state index contributed by atoms with van der Waals surface area (Å²) in [6, 6.07) is 0. The van der Waals surface area contributed by atoms with Gasteiger partial charge in [-0.25, -0.2) is 0 Å². The van der Waals surface area contributed by atoms with Crippen LogP contribution in [-0.4, -0.2) is 38.5 Å². The zero-order valence-electron chi connectivity index (χ0n) is 6.63.